The van der Waals surface area contributed by atoms with Crippen molar-refractivity contribution in [2.75, 3.05) is 26.0 Å². The van der Waals surface area contributed by atoms with Gasteiger partial charge in [-0.25, -0.2) is 4.79 Å². The lowest BCUT2D eigenvalue weighted by atomic mass is 10.1. The van der Waals surface area contributed by atoms with Gasteiger partial charge >= 0.3 is 5.97 Å². The van der Waals surface area contributed by atoms with E-state index in [1.54, 1.807) is 31.2 Å². The van der Waals surface area contributed by atoms with Gasteiger partial charge in [-0.1, -0.05) is 23.9 Å². The van der Waals surface area contributed by atoms with E-state index in [1.165, 1.54) is 29.8 Å². The number of ether oxygens (including phenoxy) is 2. The van der Waals surface area contributed by atoms with E-state index in [0.717, 1.165) is 0 Å². The SMILES string of the molecule is CCOC(=O)/C=C1/SCC(=O)N1CC(=O)c1ccccc1OC. The third kappa shape index (κ3) is 4.13. The number of para-hydroxylation sites is 1. The molecule has 1 aromatic rings. The van der Waals surface area contributed by atoms with E-state index in [2.05, 4.69) is 0 Å². The molecule has 0 N–H and O–H groups in total. The quantitative estimate of drug-likeness (QED) is 0.449. The van der Waals surface area contributed by atoms with Crippen molar-refractivity contribution in [2.45, 2.75) is 6.92 Å². The fraction of sp³-hybridized carbons (Fsp3) is 0.312. The number of rotatable bonds is 6. The first-order valence-electron chi connectivity index (χ1n) is 7.04. The Morgan fingerprint density at radius 3 is 2.78 bits per heavy atom. The molecule has 1 aliphatic heterocycles. The minimum Gasteiger partial charge on any atom is -0.496 e. The lowest BCUT2D eigenvalue weighted by Crippen LogP contribution is -2.31. The maximum absolute atomic E-state index is 12.5. The van der Waals surface area contributed by atoms with Crippen LogP contribution in [0.5, 0.6) is 5.75 Å². The van der Waals surface area contributed by atoms with Crippen molar-refractivity contribution in [3.8, 4) is 5.75 Å². The first kappa shape index (κ1) is 17.1. The molecule has 1 aliphatic rings. The number of nitrogens with zero attached hydrogens (tertiary/aromatic N) is 1. The van der Waals surface area contributed by atoms with Crippen molar-refractivity contribution in [2.24, 2.45) is 0 Å². The average molecular weight is 335 g/mol. The van der Waals surface area contributed by atoms with Gasteiger partial charge in [-0.15, -0.1) is 0 Å². The minimum absolute atomic E-state index is 0.141. The number of Topliss-reactive ketones (excluding diaryl/α,β-unsaturated/α-hetero) is 1. The lowest BCUT2D eigenvalue weighted by Gasteiger charge is -2.17. The van der Waals surface area contributed by atoms with Gasteiger partial charge in [0.15, 0.2) is 5.78 Å². The van der Waals surface area contributed by atoms with Gasteiger partial charge in [0.25, 0.3) is 0 Å². The molecule has 0 radical (unpaired) electrons. The third-order valence-corrected chi connectivity index (χ3v) is 4.17. The Morgan fingerprint density at radius 2 is 2.09 bits per heavy atom. The predicted octanol–water partition coefficient (Wildman–Crippen LogP) is 1.86. The first-order valence-corrected chi connectivity index (χ1v) is 8.03. The van der Waals surface area contributed by atoms with Crippen LogP contribution in [0.15, 0.2) is 35.4 Å². The summed E-state index contributed by atoms with van der Waals surface area (Å²) in [7, 11) is 1.48. The smallest absolute Gasteiger partial charge is 0.333 e. The second-order valence-corrected chi connectivity index (χ2v) is 5.62. The number of ketones is 1. The highest BCUT2D eigenvalue weighted by Gasteiger charge is 2.30. The maximum atomic E-state index is 12.5. The first-order chi connectivity index (χ1) is 11.1. The molecule has 0 bridgehead atoms. The van der Waals surface area contributed by atoms with Gasteiger partial charge in [0.2, 0.25) is 5.91 Å². The summed E-state index contributed by atoms with van der Waals surface area (Å²) in [5.41, 5.74) is 0.398. The molecule has 6 nitrogen and oxygen atoms in total. The zero-order chi connectivity index (χ0) is 16.8. The van der Waals surface area contributed by atoms with Gasteiger partial charge in [0, 0.05) is 0 Å². The van der Waals surface area contributed by atoms with Crippen LogP contribution in [0.1, 0.15) is 17.3 Å². The zero-order valence-corrected chi connectivity index (χ0v) is 13.7. The average Bonchev–Trinajstić information content (AvgIpc) is 2.88. The minimum atomic E-state index is -0.528. The summed E-state index contributed by atoms with van der Waals surface area (Å²) in [5.74, 6) is -0.348. The van der Waals surface area contributed by atoms with Crippen LogP contribution in [0, 0.1) is 0 Å². The number of benzene rings is 1. The van der Waals surface area contributed by atoms with Gasteiger partial charge in [-0.3, -0.25) is 14.5 Å². The van der Waals surface area contributed by atoms with E-state index >= 15 is 0 Å². The van der Waals surface area contributed by atoms with E-state index in [1.807, 2.05) is 0 Å². The molecule has 1 aromatic carbocycles. The molecule has 1 heterocycles. The molecule has 0 spiro atoms. The second kappa shape index (κ2) is 7.82. The lowest BCUT2D eigenvalue weighted by molar-refractivity contribution is -0.137. The summed E-state index contributed by atoms with van der Waals surface area (Å²) < 4.78 is 10.0. The van der Waals surface area contributed by atoms with Crippen molar-refractivity contribution in [1.29, 1.82) is 0 Å². The summed E-state index contributed by atoms with van der Waals surface area (Å²) in [6.07, 6.45) is 1.24. The standard InChI is InChI=1S/C16H17NO5S/c1-3-22-16(20)8-15-17(14(19)10-23-15)9-12(18)11-6-4-5-7-13(11)21-2/h4-8H,3,9-10H2,1-2H3/b15-8+. The number of hydrogen-bond donors (Lipinski definition) is 0. The maximum Gasteiger partial charge on any atom is 0.333 e. The van der Waals surface area contributed by atoms with Crippen LogP contribution in [0.25, 0.3) is 0 Å². The molecule has 1 amide bonds. The molecule has 0 unspecified atom stereocenters. The number of thioether (sulfide) groups is 1. The van der Waals surface area contributed by atoms with Crippen molar-refractivity contribution in [3.63, 3.8) is 0 Å². The number of methoxy groups -OCH3 is 1. The summed E-state index contributed by atoms with van der Waals surface area (Å²) in [6, 6.07) is 6.82. The van der Waals surface area contributed by atoms with Crippen molar-refractivity contribution in [1.82, 2.24) is 4.90 Å². The molecule has 23 heavy (non-hydrogen) atoms. The van der Waals surface area contributed by atoms with Gasteiger partial charge in [-0.05, 0) is 19.1 Å². The molecule has 0 saturated carbocycles. The summed E-state index contributed by atoms with van der Waals surface area (Å²) in [4.78, 5) is 37.3. The van der Waals surface area contributed by atoms with Gasteiger partial charge < -0.3 is 9.47 Å². The van der Waals surface area contributed by atoms with Crippen LogP contribution in [-0.4, -0.2) is 48.6 Å². The van der Waals surface area contributed by atoms with Crippen molar-refractivity contribution >= 4 is 29.4 Å². The molecular weight excluding hydrogens is 318 g/mol. The van der Waals surface area contributed by atoms with Crippen LogP contribution in [0.4, 0.5) is 0 Å². The molecule has 122 valence electrons. The fourth-order valence-corrected chi connectivity index (χ4v) is 3.02. The van der Waals surface area contributed by atoms with E-state index in [0.29, 0.717) is 16.3 Å². The predicted molar refractivity (Wildman–Crippen MR) is 86.2 cm³/mol. The Kier molecular flexibility index (Phi) is 5.81. The Morgan fingerprint density at radius 1 is 1.35 bits per heavy atom. The van der Waals surface area contributed by atoms with E-state index in [9.17, 15) is 14.4 Å². The van der Waals surface area contributed by atoms with Crippen LogP contribution in [0.3, 0.4) is 0 Å². The van der Waals surface area contributed by atoms with E-state index in [-0.39, 0.29) is 30.6 Å². The number of hydrogen-bond acceptors (Lipinski definition) is 6. The van der Waals surface area contributed by atoms with Gasteiger partial charge in [0.1, 0.15) is 5.75 Å². The Labute approximate surface area is 138 Å². The van der Waals surface area contributed by atoms with Crippen LogP contribution >= 0.6 is 11.8 Å². The highest BCUT2D eigenvalue weighted by Crippen LogP contribution is 2.29. The van der Waals surface area contributed by atoms with E-state index in [4.69, 9.17) is 9.47 Å². The van der Waals surface area contributed by atoms with Crippen molar-refractivity contribution in [3.05, 3.63) is 40.9 Å². The Balaban J connectivity index is 2.17. The molecule has 0 aromatic heterocycles. The van der Waals surface area contributed by atoms with Gasteiger partial charge in [-0.2, -0.15) is 0 Å². The molecule has 7 heteroatoms. The highest BCUT2D eigenvalue weighted by atomic mass is 32.2. The topological polar surface area (TPSA) is 72.9 Å². The second-order valence-electron chi connectivity index (χ2n) is 4.63. The largest absolute Gasteiger partial charge is 0.496 e. The van der Waals surface area contributed by atoms with E-state index < -0.39 is 5.97 Å². The van der Waals surface area contributed by atoms with Crippen LogP contribution in [-0.2, 0) is 14.3 Å². The number of esters is 1. The molecule has 1 saturated heterocycles. The highest BCUT2D eigenvalue weighted by molar-refractivity contribution is 8.04. The molecule has 2 rings (SSSR count). The zero-order valence-electron chi connectivity index (χ0n) is 12.9. The molecular formula is C16H17NO5S. The number of amides is 1. The normalized spacial score (nSPS) is 15.8. The Hall–Kier alpha value is -2.28. The Bertz CT molecular complexity index is 656. The van der Waals surface area contributed by atoms with Gasteiger partial charge in [0.05, 0.1) is 42.7 Å². The number of carbonyl (C=O) groups is 3. The van der Waals surface area contributed by atoms with Crippen LogP contribution in [0.2, 0.25) is 0 Å². The van der Waals surface area contributed by atoms with Crippen LogP contribution < -0.4 is 4.74 Å². The summed E-state index contributed by atoms with van der Waals surface area (Å²) in [5, 5.41) is 0.427. The number of carbonyl (C=O) groups excluding carboxylic acids is 3. The third-order valence-electron chi connectivity index (χ3n) is 3.15. The molecule has 0 atom stereocenters. The molecule has 1 fully saturated rings. The molecule has 0 aliphatic carbocycles. The fourth-order valence-electron chi connectivity index (χ4n) is 2.09. The van der Waals surface area contributed by atoms with Crippen molar-refractivity contribution < 1.29 is 23.9 Å². The monoisotopic (exact) mass is 335 g/mol. The summed E-state index contributed by atoms with van der Waals surface area (Å²) in [6.45, 7) is 1.81. The summed E-state index contributed by atoms with van der Waals surface area (Å²) >= 11 is 1.21.